The largest absolute Gasteiger partial charge is 0.366 e. The summed E-state index contributed by atoms with van der Waals surface area (Å²) in [4.78, 5) is 13.3. The first kappa shape index (κ1) is 13.2. The van der Waals surface area contributed by atoms with Crippen molar-refractivity contribution in [2.75, 3.05) is 26.7 Å². The number of amides is 1. The van der Waals surface area contributed by atoms with Gasteiger partial charge in [0.05, 0.1) is 0 Å². The molecule has 0 aliphatic carbocycles. The fourth-order valence-corrected chi connectivity index (χ4v) is 1.21. The van der Waals surface area contributed by atoms with E-state index in [0.29, 0.717) is 18.1 Å². The molecule has 0 rings (SSSR count). The molecule has 82 valence electrons. The summed E-state index contributed by atoms with van der Waals surface area (Å²) >= 11 is 4.88. The van der Waals surface area contributed by atoms with Crippen LogP contribution in [0.25, 0.3) is 0 Å². The molecule has 0 spiro atoms. The van der Waals surface area contributed by atoms with Gasteiger partial charge in [-0.15, -0.1) is 0 Å². The summed E-state index contributed by atoms with van der Waals surface area (Å²) in [5.74, 6) is 0.168. The fraction of sp³-hybridized carbons (Fsp3) is 0.778. The van der Waals surface area contributed by atoms with E-state index >= 15 is 0 Å². The van der Waals surface area contributed by atoms with E-state index in [1.54, 1.807) is 7.05 Å². The number of nitrogens with zero attached hydrogens (tertiary/aromatic N) is 1. The molecule has 0 saturated heterocycles. The zero-order chi connectivity index (χ0) is 11.0. The van der Waals surface area contributed by atoms with Crippen LogP contribution in [-0.2, 0) is 4.79 Å². The van der Waals surface area contributed by atoms with Crippen molar-refractivity contribution in [2.24, 2.45) is 0 Å². The Balaban J connectivity index is 3.67. The Hall–Kier alpha value is -0.840. The number of rotatable bonds is 5. The van der Waals surface area contributed by atoms with E-state index < -0.39 is 0 Å². The van der Waals surface area contributed by atoms with E-state index in [1.807, 2.05) is 18.7 Å². The predicted molar refractivity (Wildman–Crippen MR) is 62.2 cm³/mol. The Bertz CT molecular complexity index is 192. The summed E-state index contributed by atoms with van der Waals surface area (Å²) < 4.78 is 0. The molecule has 0 unspecified atom stereocenters. The molecule has 0 aromatic heterocycles. The van der Waals surface area contributed by atoms with E-state index in [0.717, 1.165) is 13.1 Å². The first-order valence-corrected chi connectivity index (χ1v) is 5.29. The van der Waals surface area contributed by atoms with E-state index in [1.165, 1.54) is 0 Å². The molecule has 2 N–H and O–H groups in total. The normalized spacial score (nSPS) is 9.36. The highest BCUT2D eigenvalue weighted by Crippen LogP contribution is 1.92. The molecule has 14 heavy (non-hydrogen) atoms. The molecule has 0 heterocycles. The standard InChI is InChI=1S/C9H19N3OS/c1-4-12(5-2)8(13)6-7-11-9(14)10-3/h4-7H2,1-3H3,(H2,10,11,14). The van der Waals surface area contributed by atoms with Gasteiger partial charge in [0.15, 0.2) is 5.11 Å². The molecule has 5 heteroatoms. The second kappa shape index (κ2) is 7.55. The highest BCUT2D eigenvalue weighted by Gasteiger charge is 2.08. The van der Waals surface area contributed by atoms with Crippen molar-refractivity contribution in [2.45, 2.75) is 20.3 Å². The van der Waals surface area contributed by atoms with Gasteiger partial charge in [0.25, 0.3) is 0 Å². The Kier molecular flexibility index (Phi) is 7.10. The van der Waals surface area contributed by atoms with Crippen molar-refractivity contribution in [3.63, 3.8) is 0 Å². The monoisotopic (exact) mass is 217 g/mol. The second-order valence-corrected chi connectivity index (χ2v) is 3.23. The minimum Gasteiger partial charge on any atom is -0.366 e. The minimum absolute atomic E-state index is 0.168. The van der Waals surface area contributed by atoms with Crippen molar-refractivity contribution >= 4 is 23.2 Å². The Labute approximate surface area is 91.0 Å². The van der Waals surface area contributed by atoms with Crippen LogP contribution in [0.1, 0.15) is 20.3 Å². The molecule has 0 aliphatic heterocycles. The van der Waals surface area contributed by atoms with Gasteiger partial charge in [-0.1, -0.05) is 0 Å². The van der Waals surface area contributed by atoms with Crippen molar-refractivity contribution in [1.82, 2.24) is 15.5 Å². The third kappa shape index (κ3) is 5.01. The highest BCUT2D eigenvalue weighted by molar-refractivity contribution is 7.80. The third-order valence-corrected chi connectivity index (χ3v) is 2.32. The topological polar surface area (TPSA) is 44.4 Å². The molecule has 0 aromatic carbocycles. The average Bonchev–Trinajstić information content (AvgIpc) is 2.19. The van der Waals surface area contributed by atoms with Crippen molar-refractivity contribution in [1.29, 1.82) is 0 Å². The molecule has 4 nitrogen and oxygen atoms in total. The van der Waals surface area contributed by atoms with Gasteiger partial charge in [0, 0.05) is 33.1 Å². The van der Waals surface area contributed by atoms with Crippen LogP contribution in [0.2, 0.25) is 0 Å². The summed E-state index contributed by atoms with van der Waals surface area (Å²) in [6.45, 7) is 6.09. The van der Waals surface area contributed by atoms with Crippen LogP contribution >= 0.6 is 12.2 Å². The SMILES string of the molecule is CCN(CC)C(=O)CCNC(=S)NC. The quantitative estimate of drug-likeness (QED) is 0.652. The maximum atomic E-state index is 11.5. The summed E-state index contributed by atoms with van der Waals surface area (Å²) in [6.07, 6.45) is 0.490. The van der Waals surface area contributed by atoms with Crippen molar-refractivity contribution in [3.05, 3.63) is 0 Å². The van der Waals surface area contributed by atoms with Gasteiger partial charge in [0.2, 0.25) is 5.91 Å². The Morgan fingerprint density at radius 2 is 1.93 bits per heavy atom. The van der Waals surface area contributed by atoms with E-state index in [2.05, 4.69) is 10.6 Å². The van der Waals surface area contributed by atoms with Gasteiger partial charge < -0.3 is 15.5 Å². The van der Waals surface area contributed by atoms with Gasteiger partial charge in [-0.2, -0.15) is 0 Å². The molecule has 0 atom stereocenters. The lowest BCUT2D eigenvalue weighted by molar-refractivity contribution is -0.130. The first-order valence-electron chi connectivity index (χ1n) is 4.89. The molecule has 0 radical (unpaired) electrons. The number of carbonyl (C=O) groups is 1. The molecule has 0 aliphatic rings. The van der Waals surface area contributed by atoms with Crippen LogP contribution in [0, 0.1) is 0 Å². The lowest BCUT2D eigenvalue weighted by atomic mass is 10.3. The number of hydrogen-bond acceptors (Lipinski definition) is 2. The van der Waals surface area contributed by atoms with Crippen LogP contribution in [0.3, 0.4) is 0 Å². The minimum atomic E-state index is 0.168. The summed E-state index contributed by atoms with van der Waals surface area (Å²) in [7, 11) is 1.75. The van der Waals surface area contributed by atoms with Gasteiger partial charge in [-0.3, -0.25) is 4.79 Å². The predicted octanol–water partition coefficient (Wildman–Crippen LogP) is 0.339. The maximum absolute atomic E-state index is 11.5. The lowest BCUT2D eigenvalue weighted by Gasteiger charge is -2.18. The molecule has 0 bridgehead atoms. The van der Waals surface area contributed by atoms with Crippen LogP contribution in [-0.4, -0.2) is 42.6 Å². The zero-order valence-electron chi connectivity index (χ0n) is 9.09. The molecular weight excluding hydrogens is 198 g/mol. The smallest absolute Gasteiger partial charge is 0.224 e. The van der Waals surface area contributed by atoms with E-state index in [9.17, 15) is 4.79 Å². The van der Waals surface area contributed by atoms with Gasteiger partial charge in [-0.05, 0) is 26.1 Å². The van der Waals surface area contributed by atoms with Gasteiger partial charge >= 0.3 is 0 Å². The Morgan fingerprint density at radius 1 is 1.36 bits per heavy atom. The number of nitrogens with one attached hydrogen (secondary N) is 2. The second-order valence-electron chi connectivity index (χ2n) is 2.82. The molecule has 0 fully saturated rings. The van der Waals surface area contributed by atoms with Crippen molar-refractivity contribution in [3.8, 4) is 0 Å². The number of thiocarbonyl (C=S) groups is 1. The summed E-state index contributed by atoms with van der Waals surface area (Å²) in [5.41, 5.74) is 0. The number of hydrogen-bond donors (Lipinski definition) is 2. The van der Waals surface area contributed by atoms with Crippen LogP contribution in [0.4, 0.5) is 0 Å². The Morgan fingerprint density at radius 3 is 2.36 bits per heavy atom. The lowest BCUT2D eigenvalue weighted by Crippen LogP contribution is -2.37. The average molecular weight is 217 g/mol. The summed E-state index contributed by atoms with van der Waals surface area (Å²) in [5, 5.41) is 6.31. The summed E-state index contributed by atoms with van der Waals surface area (Å²) in [6, 6.07) is 0. The first-order chi connectivity index (χ1) is 6.65. The number of carbonyl (C=O) groups excluding carboxylic acids is 1. The molecule has 0 saturated carbocycles. The highest BCUT2D eigenvalue weighted by atomic mass is 32.1. The zero-order valence-corrected chi connectivity index (χ0v) is 9.91. The van der Waals surface area contributed by atoms with Crippen LogP contribution in [0.15, 0.2) is 0 Å². The van der Waals surface area contributed by atoms with Gasteiger partial charge in [0.1, 0.15) is 0 Å². The van der Waals surface area contributed by atoms with Gasteiger partial charge in [-0.25, -0.2) is 0 Å². The van der Waals surface area contributed by atoms with E-state index in [-0.39, 0.29) is 5.91 Å². The van der Waals surface area contributed by atoms with Crippen LogP contribution in [0.5, 0.6) is 0 Å². The van der Waals surface area contributed by atoms with Crippen LogP contribution < -0.4 is 10.6 Å². The fourth-order valence-electron chi connectivity index (χ4n) is 1.11. The van der Waals surface area contributed by atoms with E-state index in [4.69, 9.17) is 12.2 Å². The maximum Gasteiger partial charge on any atom is 0.224 e. The molecular formula is C9H19N3OS. The molecule has 0 aromatic rings. The van der Waals surface area contributed by atoms with Crippen molar-refractivity contribution < 1.29 is 4.79 Å². The third-order valence-electron chi connectivity index (χ3n) is 1.97. The molecule has 1 amide bonds.